The van der Waals surface area contributed by atoms with Crippen LogP contribution >= 0.6 is 0 Å². The molecule has 20 heavy (non-hydrogen) atoms. The van der Waals surface area contributed by atoms with E-state index in [0.717, 1.165) is 11.5 Å². The van der Waals surface area contributed by atoms with Crippen LogP contribution < -0.4 is 5.32 Å². The predicted molar refractivity (Wildman–Crippen MR) is 84.1 cm³/mol. The number of likely N-dealkylation sites (tertiary alicyclic amines) is 1. The van der Waals surface area contributed by atoms with Gasteiger partial charge < -0.3 is 14.8 Å². The highest BCUT2D eigenvalue weighted by Crippen LogP contribution is 2.20. The highest BCUT2D eigenvalue weighted by molar-refractivity contribution is 5.78. The van der Waals surface area contributed by atoms with Gasteiger partial charge in [0.05, 0.1) is 11.0 Å². The molecule has 1 aliphatic heterocycles. The van der Waals surface area contributed by atoms with Gasteiger partial charge in [-0.25, -0.2) is 4.98 Å². The van der Waals surface area contributed by atoms with E-state index >= 15 is 0 Å². The Morgan fingerprint density at radius 1 is 1.25 bits per heavy atom. The molecule has 1 fully saturated rings. The lowest BCUT2D eigenvalue weighted by molar-refractivity contribution is 0.219. The minimum Gasteiger partial charge on any atom is -0.353 e. The fourth-order valence-corrected chi connectivity index (χ4v) is 3.07. The van der Waals surface area contributed by atoms with Gasteiger partial charge in [-0.05, 0) is 37.9 Å². The topological polar surface area (TPSA) is 33.1 Å². The third-order valence-corrected chi connectivity index (χ3v) is 4.25. The number of nitrogens with zero attached hydrogens (tertiary/aromatic N) is 3. The Bertz CT molecular complexity index is 567. The van der Waals surface area contributed by atoms with Crippen LogP contribution in [-0.4, -0.2) is 40.1 Å². The molecule has 1 aliphatic rings. The van der Waals surface area contributed by atoms with Gasteiger partial charge in [-0.2, -0.15) is 0 Å². The second-order valence-electron chi connectivity index (χ2n) is 5.74. The number of hydrogen-bond donors (Lipinski definition) is 1. The van der Waals surface area contributed by atoms with Crippen LogP contribution in [-0.2, 0) is 7.05 Å². The molecular weight excluding hydrogens is 248 g/mol. The number of anilines is 1. The van der Waals surface area contributed by atoms with E-state index in [-0.39, 0.29) is 0 Å². The van der Waals surface area contributed by atoms with Crippen molar-refractivity contribution in [2.24, 2.45) is 7.05 Å². The Labute approximate surface area is 120 Å². The quantitative estimate of drug-likeness (QED) is 0.929. The smallest absolute Gasteiger partial charge is 0.203 e. The molecule has 108 valence electrons. The van der Waals surface area contributed by atoms with E-state index in [9.17, 15) is 0 Å². The van der Waals surface area contributed by atoms with Gasteiger partial charge in [0.15, 0.2) is 0 Å². The van der Waals surface area contributed by atoms with Crippen molar-refractivity contribution >= 4 is 17.0 Å². The number of para-hydroxylation sites is 2. The lowest BCUT2D eigenvalue weighted by Crippen LogP contribution is -2.39. The van der Waals surface area contributed by atoms with Crippen molar-refractivity contribution < 1.29 is 0 Å². The maximum atomic E-state index is 4.70. The fourth-order valence-electron chi connectivity index (χ4n) is 3.07. The number of fused-ring (bicyclic) bond motifs is 1. The maximum Gasteiger partial charge on any atom is 0.203 e. The number of nitrogens with one attached hydrogen (secondary N) is 1. The van der Waals surface area contributed by atoms with Crippen LogP contribution in [0.3, 0.4) is 0 Å². The zero-order chi connectivity index (χ0) is 13.9. The summed E-state index contributed by atoms with van der Waals surface area (Å²) in [5, 5.41) is 3.63. The Hall–Kier alpha value is -1.55. The van der Waals surface area contributed by atoms with E-state index in [4.69, 9.17) is 4.98 Å². The molecule has 1 aromatic heterocycles. The Kier molecular flexibility index (Phi) is 3.92. The molecule has 0 unspecified atom stereocenters. The van der Waals surface area contributed by atoms with Crippen LogP contribution in [0, 0.1) is 0 Å². The molecule has 0 atom stereocenters. The number of rotatable bonds is 4. The van der Waals surface area contributed by atoms with E-state index < -0.39 is 0 Å². The summed E-state index contributed by atoms with van der Waals surface area (Å²) in [4.78, 5) is 7.26. The van der Waals surface area contributed by atoms with E-state index in [1.54, 1.807) is 0 Å². The summed E-state index contributed by atoms with van der Waals surface area (Å²) < 4.78 is 2.16. The lowest BCUT2D eigenvalue weighted by atomic mass is 10.1. The Balaban J connectivity index is 1.67. The van der Waals surface area contributed by atoms with Gasteiger partial charge in [-0.1, -0.05) is 19.1 Å². The van der Waals surface area contributed by atoms with Gasteiger partial charge in [0, 0.05) is 26.2 Å². The minimum atomic E-state index is 0.554. The number of hydrogen-bond acceptors (Lipinski definition) is 3. The lowest BCUT2D eigenvalue weighted by Gasteiger charge is -2.32. The average Bonchev–Trinajstić information content (AvgIpc) is 2.79. The third kappa shape index (κ3) is 2.66. The first-order chi connectivity index (χ1) is 9.78. The number of benzene rings is 1. The molecule has 0 bridgehead atoms. The van der Waals surface area contributed by atoms with Gasteiger partial charge >= 0.3 is 0 Å². The monoisotopic (exact) mass is 272 g/mol. The summed E-state index contributed by atoms with van der Waals surface area (Å²) in [6.45, 7) is 5.90. The predicted octanol–water partition coefficient (Wildman–Crippen LogP) is 2.86. The second kappa shape index (κ2) is 5.83. The van der Waals surface area contributed by atoms with Crippen LogP contribution in [0.25, 0.3) is 11.0 Å². The van der Waals surface area contributed by atoms with Crippen molar-refractivity contribution in [2.45, 2.75) is 32.2 Å². The molecule has 0 spiro atoms. The van der Waals surface area contributed by atoms with Crippen molar-refractivity contribution in [2.75, 3.05) is 25.0 Å². The molecule has 1 saturated heterocycles. The molecule has 2 heterocycles. The van der Waals surface area contributed by atoms with Gasteiger partial charge in [0.25, 0.3) is 0 Å². The van der Waals surface area contributed by atoms with Crippen LogP contribution in [0.4, 0.5) is 5.95 Å². The normalized spacial score (nSPS) is 17.7. The van der Waals surface area contributed by atoms with Crippen LogP contribution in [0.2, 0.25) is 0 Å². The summed E-state index contributed by atoms with van der Waals surface area (Å²) in [5.74, 6) is 1.00. The highest BCUT2D eigenvalue weighted by atomic mass is 15.2. The van der Waals surface area contributed by atoms with Crippen LogP contribution in [0.15, 0.2) is 24.3 Å². The molecule has 0 radical (unpaired) electrons. The van der Waals surface area contributed by atoms with Crippen molar-refractivity contribution in [1.82, 2.24) is 14.5 Å². The molecule has 0 aliphatic carbocycles. The van der Waals surface area contributed by atoms with Gasteiger partial charge in [0.2, 0.25) is 5.95 Å². The second-order valence-corrected chi connectivity index (χ2v) is 5.74. The third-order valence-electron chi connectivity index (χ3n) is 4.25. The summed E-state index contributed by atoms with van der Waals surface area (Å²) in [5.41, 5.74) is 2.26. The van der Waals surface area contributed by atoms with Crippen molar-refractivity contribution in [3.63, 3.8) is 0 Å². The Morgan fingerprint density at radius 2 is 2.00 bits per heavy atom. The standard InChI is InChI=1S/C16H24N4/c1-3-10-20-11-8-13(9-12-20)17-16-18-14-6-4-5-7-15(14)19(16)2/h4-7,13H,3,8-12H2,1-2H3,(H,17,18). The van der Waals surface area contributed by atoms with E-state index in [0.29, 0.717) is 6.04 Å². The van der Waals surface area contributed by atoms with Crippen molar-refractivity contribution in [3.05, 3.63) is 24.3 Å². The first-order valence-corrected chi connectivity index (χ1v) is 7.68. The molecule has 1 aromatic carbocycles. The average molecular weight is 272 g/mol. The molecule has 0 saturated carbocycles. The van der Waals surface area contributed by atoms with E-state index in [1.165, 1.54) is 44.4 Å². The number of imidazole rings is 1. The summed E-state index contributed by atoms with van der Waals surface area (Å²) in [6, 6.07) is 8.86. The SMILES string of the molecule is CCCN1CCC(Nc2nc3ccccc3n2C)CC1. The molecule has 3 rings (SSSR count). The Morgan fingerprint density at radius 3 is 2.70 bits per heavy atom. The summed E-state index contributed by atoms with van der Waals surface area (Å²) in [7, 11) is 2.09. The number of piperidine rings is 1. The first-order valence-electron chi connectivity index (χ1n) is 7.68. The van der Waals surface area contributed by atoms with Crippen molar-refractivity contribution in [3.8, 4) is 0 Å². The highest BCUT2D eigenvalue weighted by Gasteiger charge is 2.20. The molecule has 0 amide bonds. The summed E-state index contributed by atoms with van der Waals surface area (Å²) in [6.07, 6.45) is 3.68. The molecule has 4 nitrogen and oxygen atoms in total. The van der Waals surface area contributed by atoms with Gasteiger partial charge in [-0.15, -0.1) is 0 Å². The van der Waals surface area contributed by atoms with Crippen LogP contribution in [0.5, 0.6) is 0 Å². The molecular formula is C16H24N4. The molecule has 2 aromatic rings. The largest absolute Gasteiger partial charge is 0.353 e. The van der Waals surface area contributed by atoms with Gasteiger partial charge in [-0.3, -0.25) is 0 Å². The fraction of sp³-hybridized carbons (Fsp3) is 0.562. The first kappa shape index (κ1) is 13.4. The van der Waals surface area contributed by atoms with E-state index in [2.05, 4.69) is 47.0 Å². The zero-order valence-corrected chi connectivity index (χ0v) is 12.5. The number of aromatic nitrogens is 2. The minimum absolute atomic E-state index is 0.554. The molecule has 1 N–H and O–H groups in total. The maximum absolute atomic E-state index is 4.70. The zero-order valence-electron chi connectivity index (χ0n) is 12.5. The van der Waals surface area contributed by atoms with Crippen LogP contribution in [0.1, 0.15) is 26.2 Å². The summed E-state index contributed by atoms with van der Waals surface area (Å²) >= 11 is 0. The van der Waals surface area contributed by atoms with E-state index in [1.807, 2.05) is 6.07 Å². The van der Waals surface area contributed by atoms with Crippen molar-refractivity contribution in [1.29, 1.82) is 0 Å². The van der Waals surface area contributed by atoms with Gasteiger partial charge in [0.1, 0.15) is 0 Å². The molecule has 4 heteroatoms. The number of aryl methyl sites for hydroxylation is 1.